The zero-order valence-corrected chi connectivity index (χ0v) is 48.5. The van der Waals surface area contributed by atoms with Crippen molar-refractivity contribution in [2.75, 3.05) is 38.8 Å². The summed E-state index contributed by atoms with van der Waals surface area (Å²) in [6, 6.07) is 26.8. The molecule has 17 nitrogen and oxygen atoms in total. The molecule has 7 rings (SSSR count). The van der Waals surface area contributed by atoms with Crippen LogP contribution in [0.5, 0.6) is 34.5 Å². The Morgan fingerprint density at radius 1 is 0.506 bits per heavy atom. The minimum atomic E-state index is -0.447. The molecule has 0 saturated heterocycles. The fourth-order valence-corrected chi connectivity index (χ4v) is 11.0. The third-order valence-electron chi connectivity index (χ3n) is 14.8. The van der Waals surface area contributed by atoms with Gasteiger partial charge in [-0.15, -0.1) is 0 Å². The van der Waals surface area contributed by atoms with E-state index in [2.05, 4.69) is 18.5 Å². The van der Waals surface area contributed by atoms with Crippen LogP contribution in [0.1, 0.15) is 134 Å². The quantitative estimate of drug-likeness (QED) is 0.0118. The molecule has 4 aromatic carbocycles. The van der Waals surface area contributed by atoms with Gasteiger partial charge in [0.2, 0.25) is 0 Å². The summed E-state index contributed by atoms with van der Waals surface area (Å²) in [6.07, 6.45) is 19.4. The molecule has 0 aromatic heterocycles. The van der Waals surface area contributed by atoms with E-state index in [1.54, 1.807) is 89.7 Å². The summed E-state index contributed by atoms with van der Waals surface area (Å²) in [6.45, 7) is 8.78. The standard InChI is InChI=1S/C65H79N3O14S/c1-4-59(69)77-42-18-12-8-6-10-16-40-75-51-30-34-53(35-31-51)79-61(71)46-22-24-48(25-23-46)63(73)81-55-38-39-57(50(44-55)45-66-68(3)65-67-56-20-14-15-21-58(56)83-65)82-64(74)49-28-26-47(27-29-49)62(72)80-54-36-32-52(33-37-54)76-41-17-11-7-9-13-19-43-78-60(70)5-2/h4-5,14-15,20-21,30-39,44-49,65,67H,1-2,6-13,16-19,22-29,40-43H2,3H3. The highest BCUT2D eigenvalue weighted by Crippen LogP contribution is 2.40. The first-order valence-corrected chi connectivity index (χ1v) is 30.2. The van der Waals surface area contributed by atoms with E-state index < -0.39 is 23.8 Å². The van der Waals surface area contributed by atoms with Gasteiger partial charge in [-0.3, -0.25) is 24.2 Å². The molecule has 1 aliphatic heterocycles. The summed E-state index contributed by atoms with van der Waals surface area (Å²) in [4.78, 5) is 77.2. The fourth-order valence-electron chi connectivity index (χ4n) is 9.93. The maximum absolute atomic E-state index is 13.8. The number of carbonyl (C=O) groups is 6. The molecular formula is C65H79N3O14S. The minimum Gasteiger partial charge on any atom is -0.494 e. The molecule has 83 heavy (non-hydrogen) atoms. The third-order valence-corrected chi connectivity index (χ3v) is 16.1. The molecule has 0 bridgehead atoms. The van der Waals surface area contributed by atoms with E-state index in [-0.39, 0.29) is 52.7 Å². The first-order valence-electron chi connectivity index (χ1n) is 29.3. The van der Waals surface area contributed by atoms with E-state index in [4.69, 9.17) is 43.0 Å². The number of anilines is 1. The molecule has 1 N–H and O–H groups in total. The van der Waals surface area contributed by atoms with Crippen LogP contribution in [-0.4, -0.2) is 86.0 Å². The molecule has 0 amide bonds. The maximum atomic E-state index is 13.8. The van der Waals surface area contributed by atoms with Gasteiger partial charge in [0.05, 0.1) is 62.0 Å². The van der Waals surface area contributed by atoms with Gasteiger partial charge in [-0.1, -0.05) is 88.4 Å². The first-order chi connectivity index (χ1) is 40.4. The molecule has 1 unspecified atom stereocenters. The van der Waals surface area contributed by atoms with E-state index in [1.165, 1.54) is 12.2 Å². The van der Waals surface area contributed by atoms with Crippen molar-refractivity contribution in [3.8, 4) is 34.5 Å². The number of hydrazone groups is 1. The molecule has 0 spiro atoms. The molecule has 4 aromatic rings. The predicted octanol–water partition coefficient (Wildman–Crippen LogP) is 13.0. The van der Waals surface area contributed by atoms with Crippen LogP contribution in [0.25, 0.3) is 0 Å². The summed E-state index contributed by atoms with van der Waals surface area (Å²) in [5, 5.41) is 9.93. The summed E-state index contributed by atoms with van der Waals surface area (Å²) >= 11 is 1.62. The van der Waals surface area contributed by atoms with Gasteiger partial charge in [0.1, 0.15) is 34.5 Å². The van der Waals surface area contributed by atoms with E-state index in [0.29, 0.717) is 106 Å². The lowest BCUT2D eigenvalue weighted by Gasteiger charge is -2.26. The Hall–Kier alpha value is -7.60. The molecule has 444 valence electrons. The zero-order valence-electron chi connectivity index (χ0n) is 47.7. The van der Waals surface area contributed by atoms with Crippen molar-refractivity contribution < 1.29 is 66.7 Å². The number of benzene rings is 4. The van der Waals surface area contributed by atoms with E-state index in [1.807, 2.05) is 31.3 Å². The highest BCUT2D eigenvalue weighted by molar-refractivity contribution is 8.00. The van der Waals surface area contributed by atoms with Crippen LogP contribution in [0.3, 0.4) is 0 Å². The van der Waals surface area contributed by atoms with Crippen molar-refractivity contribution in [2.45, 2.75) is 139 Å². The van der Waals surface area contributed by atoms with Gasteiger partial charge in [-0.25, -0.2) is 9.59 Å². The van der Waals surface area contributed by atoms with E-state index in [0.717, 1.165) is 87.6 Å². The number of para-hydroxylation sites is 1. The predicted molar refractivity (Wildman–Crippen MR) is 317 cm³/mol. The summed E-state index contributed by atoms with van der Waals surface area (Å²) in [5.74, 6) is -1.16. The average Bonchev–Trinajstić information content (AvgIpc) is 4.00. The molecule has 1 atom stereocenters. The zero-order chi connectivity index (χ0) is 58.6. The van der Waals surface area contributed by atoms with Crippen LogP contribution >= 0.6 is 11.8 Å². The Morgan fingerprint density at radius 2 is 0.892 bits per heavy atom. The maximum Gasteiger partial charge on any atom is 0.330 e. The van der Waals surface area contributed by atoms with Gasteiger partial charge in [-0.2, -0.15) is 5.10 Å². The second-order valence-corrected chi connectivity index (χ2v) is 22.2. The monoisotopic (exact) mass is 1160 g/mol. The second-order valence-electron chi connectivity index (χ2n) is 21.0. The number of fused-ring (bicyclic) bond motifs is 1. The minimum absolute atomic E-state index is 0.200. The van der Waals surface area contributed by atoms with Crippen molar-refractivity contribution in [2.24, 2.45) is 28.8 Å². The Labute approximate surface area is 491 Å². The normalized spacial score (nSPS) is 18.1. The van der Waals surface area contributed by atoms with E-state index >= 15 is 0 Å². The number of esters is 6. The average molecular weight is 1160 g/mol. The summed E-state index contributed by atoms with van der Waals surface area (Å²) < 4.78 is 45.3. The Bertz CT molecular complexity index is 2760. The van der Waals surface area contributed by atoms with Gasteiger partial charge < -0.3 is 43.2 Å². The highest BCUT2D eigenvalue weighted by Gasteiger charge is 2.34. The largest absolute Gasteiger partial charge is 0.494 e. The summed E-state index contributed by atoms with van der Waals surface area (Å²) in [7, 11) is 1.84. The van der Waals surface area contributed by atoms with Crippen LogP contribution in [0.15, 0.2) is 126 Å². The fraction of sp³-hybridized carbons (Fsp3) is 0.462. The van der Waals surface area contributed by atoms with Gasteiger partial charge >= 0.3 is 35.8 Å². The van der Waals surface area contributed by atoms with Gasteiger partial charge in [0.25, 0.3) is 0 Å². The molecule has 3 aliphatic rings. The molecule has 1 heterocycles. The lowest BCUT2D eigenvalue weighted by Crippen LogP contribution is -2.31. The molecule has 18 heteroatoms. The molecule has 0 radical (unpaired) electrons. The topological polar surface area (TPSA) is 204 Å². The Morgan fingerprint density at radius 3 is 1.34 bits per heavy atom. The van der Waals surface area contributed by atoms with Crippen LogP contribution in [0.2, 0.25) is 0 Å². The van der Waals surface area contributed by atoms with Crippen molar-refractivity contribution in [1.29, 1.82) is 0 Å². The third kappa shape index (κ3) is 21.3. The number of hydrogen-bond donors (Lipinski definition) is 1. The van der Waals surface area contributed by atoms with Crippen LogP contribution in [-0.2, 0) is 38.2 Å². The molecule has 2 saturated carbocycles. The number of carbonyl (C=O) groups excluding carboxylic acids is 6. The first kappa shape index (κ1) is 63.0. The van der Waals surface area contributed by atoms with Crippen molar-refractivity contribution in [3.63, 3.8) is 0 Å². The second kappa shape index (κ2) is 34.1. The lowest BCUT2D eigenvalue weighted by molar-refractivity contribution is -0.145. The van der Waals surface area contributed by atoms with Crippen molar-refractivity contribution >= 4 is 59.5 Å². The van der Waals surface area contributed by atoms with Gasteiger partial charge in [0.15, 0.2) is 5.50 Å². The highest BCUT2D eigenvalue weighted by atomic mass is 32.2. The molecular weight excluding hydrogens is 1080 g/mol. The number of nitrogens with one attached hydrogen (secondary N) is 1. The number of ether oxygens (including phenoxy) is 8. The van der Waals surface area contributed by atoms with Crippen LogP contribution < -0.4 is 33.7 Å². The van der Waals surface area contributed by atoms with Gasteiger partial charge in [0, 0.05) is 29.7 Å². The molecule has 2 aliphatic carbocycles. The van der Waals surface area contributed by atoms with Crippen molar-refractivity contribution in [3.05, 3.63) is 122 Å². The van der Waals surface area contributed by atoms with Crippen LogP contribution in [0.4, 0.5) is 5.69 Å². The van der Waals surface area contributed by atoms with Crippen molar-refractivity contribution in [1.82, 2.24) is 5.01 Å². The van der Waals surface area contributed by atoms with E-state index in [9.17, 15) is 28.8 Å². The SMILES string of the molecule is C=CC(=O)OCCCCCCCCOc1ccc(OC(=O)C2CCC(C(=O)Oc3ccc(OC(=O)C4CCC(C(=O)Oc5ccc(OCCCCCCCCOC(=O)C=C)cc5)CC4)c(C=NN(C)C4Nc5ccccc5S4)c3)CC2)cc1. The number of rotatable bonds is 33. The number of nitrogens with zero attached hydrogens (tertiary/aromatic N) is 2. The smallest absolute Gasteiger partial charge is 0.330 e. The molecule has 2 fully saturated rings. The van der Waals surface area contributed by atoms with Gasteiger partial charge in [-0.05, 0) is 156 Å². The Kier molecular flexibility index (Phi) is 25.9. The summed E-state index contributed by atoms with van der Waals surface area (Å²) in [5.41, 5.74) is 1.23. The number of thioether (sulfide) groups is 1. The lowest BCUT2D eigenvalue weighted by atomic mass is 9.82. The Balaban J connectivity index is 0.834. The number of unbranched alkanes of at least 4 members (excludes halogenated alkanes) is 10. The number of hydrogen-bond acceptors (Lipinski definition) is 18. The van der Waals surface area contributed by atoms with Crippen LogP contribution in [0, 0.1) is 23.7 Å².